The minimum Gasteiger partial charge on any atom is -0.394 e. The van der Waals surface area contributed by atoms with Gasteiger partial charge in [0.05, 0.1) is 25.4 Å². The van der Waals surface area contributed by atoms with E-state index in [0.717, 1.165) is 38.5 Å². The van der Waals surface area contributed by atoms with Crippen LogP contribution >= 0.6 is 0 Å². The van der Waals surface area contributed by atoms with Gasteiger partial charge in [-0.3, -0.25) is 4.79 Å². The number of allylic oxidation sites excluding steroid dienone is 2. The summed E-state index contributed by atoms with van der Waals surface area (Å²) in [6.07, 6.45) is 31.3. The number of nitrogens with one attached hydrogen (secondary N) is 1. The van der Waals surface area contributed by atoms with Gasteiger partial charge in [0.1, 0.15) is 36.6 Å². The van der Waals surface area contributed by atoms with E-state index in [9.17, 15) is 40.5 Å². The van der Waals surface area contributed by atoms with Crippen molar-refractivity contribution in [3.05, 3.63) is 12.2 Å². The quantitative estimate of drug-likeness (QED) is 0.0218. The highest BCUT2D eigenvalue weighted by atomic mass is 16.7. The van der Waals surface area contributed by atoms with Crippen LogP contribution in [0, 0.1) is 0 Å². The van der Waals surface area contributed by atoms with Gasteiger partial charge >= 0.3 is 0 Å². The van der Waals surface area contributed by atoms with Gasteiger partial charge in [-0.2, -0.15) is 0 Å². The van der Waals surface area contributed by atoms with Gasteiger partial charge in [0, 0.05) is 0 Å². The number of hydrogen-bond acceptors (Lipinski definition) is 10. The van der Waals surface area contributed by atoms with Crippen molar-refractivity contribution in [3.8, 4) is 0 Å². The first-order valence-electron chi connectivity index (χ1n) is 25.1. The molecule has 0 radical (unpaired) electrons. The first-order chi connectivity index (χ1) is 29.2. The maximum atomic E-state index is 13.1. The van der Waals surface area contributed by atoms with Gasteiger partial charge in [-0.05, 0) is 38.5 Å². The molecule has 0 bridgehead atoms. The van der Waals surface area contributed by atoms with Crippen LogP contribution < -0.4 is 5.32 Å². The largest absolute Gasteiger partial charge is 0.394 e. The summed E-state index contributed by atoms with van der Waals surface area (Å²) in [5.41, 5.74) is 0. The Hall–Kier alpha value is -1.15. The Balaban J connectivity index is 2.34. The Labute approximate surface area is 366 Å². The zero-order valence-corrected chi connectivity index (χ0v) is 38.5. The SMILES string of the molecule is CCCCCCCC/C=C/CCCC(O)C(O)C(COC1OC(CO)C(O)C(O)C1O)NC(=O)C(O)CCCCCCCCCCCCCCCCCCCCCCCC. The second-order valence-electron chi connectivity index (χ2n) is 17.9. The van der Waals surface area contributed by atoms with Gasteiger partial charge in [-0.1, -0.05) is 199 Å². The summed E-state index contributed by atoms with van der Waals surface area (Å²) in [5, 5.41) is 75.6. The molecule has 1 heterocycles. The molecule has 9 atom stereocenters. The van der Waals surface area contributed by atoms with Crippen LogP contribution in [0.1, 0.15) is 226 Å². The molecule has 0 saturated carbocycles. The third-order valence-corrected chi connectivity index (χ3v) is 12.3. The van der Waals surface area contributed by atoms with E-state index in [4.69, 9.17) is 9.47 Å². The van der Waals surface area contributed by atoms with Crippen LogP contribution in [0.5, 0.6) is 0 Å². The van der Waals surface area contributed by atoms with E-state index >= 15 is 0 Å². The van der Waals surface area contributed by atoms with E-state index in [-0.39, 0.29) is 12.8 Å². The Morgan fingerprint density at radius 2 is 0.983 bits per heavy atom. The van der Waals surface area contributed by atoms with Crippen molar-refractivity contribution in [2.24, 2.45) is 0 Å². The van der Waals surface area contributed by atoms with E-state index in [1.165, 1.54) is 148 Å². The molecule has 11 heteroatoms. The molecule has 9 unspecified atom stereocenters. The summed E-state index contributed by atoms with van der Waals surface area (Å²) >= 11 is 0. The number of aliphatic hydroxyl groups excluding tert-OH is 7. The average Bonchev–Trinajstić information content (AvgIpc) is 3.25. The molecule has 0 aromatic rings. The van der Waals surface area contributed by atoms with E-state index in [0.29, 0.717) is 12.8 Å². The number of ether oxygens (including phenoxy) is 2. The topological polar surface area (TPSA) is 189 Å². The van der Waals surface area contributed by atoms with Crippen molar-refractivity contribution in [3.63, 3.8) is 0 Å². The number of carbonyl (C=O) groups is 1. The highest BCUT2D eigenvalue weighted by Crippen LogP contribution is 2.23. The maximum absolute atomic E-state index is 13.1. The predicted octanol–water partition coefficient (Wildman–Crippen LogP) is 8.84. The van der Waals surface area contributed by atoms with Crippen LogP contribution in [-0.2, 0) is 14.3 Å². The molecular weight excluding hydrogens is 763 g/mol. The van der Waals surface area contributed by atoms with Crippen LogP contribution in [0.4, 0.5) is 0 Å². The summed E-state index contributed by atoms with van der Waals surface area (Å²) in [5.74, 6) is -0.704. The van der Waals surface area contributed by atoms with Crippen molar-refractivity contribution in [1.82, 2.24) is 5.32 Å². The van der Waals surface area contributed by atoms with Gasteiger partial charge in [0.2, 0.25) is 5.91 Å². The molecule has 0 aromatic carbocycles. The number of carbonyl (C=O) groups excluding carboxylic acids is 1. The molecule has 1 rings (SSSR count). The summed E-state index contributed by atoms with van der Waals surface area (Å²) in [4.78, 5) is 13.1. The number of hydrogen-bond donors (Lipinski definition) is 8. The Morgan fingerprint density at radius 1 is 0.567 bits per heavy atom. The van der Waals surface area contributed by atoms with Crippen LogP contribution in [0.15, 0.2) is 12.2 Å². The summed E-state index contributed by atoms with van der Waals surface area (Å²) in [7, 11) is 0. The third kappa shape index (κ3) is 28.5. The summed E-state index contributed by atoms with van der Waals surface area (Å²) < 4.78 is 11.1. The maximum Gasteiger partial charge on any atom is 0.249 e. The fraction of sp³-hybridized carbons (Fsp3) is 0.939. The average molecular weight is 858 g/mol. The first-order valence-corrected chi connectivity index (χ1v) is 25.1. The molecule has 0 spiro atoms. The lowest BCUT2D eigenvalue weighted by atomic mass is 9.98. The summed E-state index contributed by atoms with van der Waals surface area (Å²) in [6, 6.07) is -1.18. The summed E-state index contributed by atoms with van der Waals surface area (Å²) in [6.45, 7) is 3.42. The lowest BCUT2D eigenvalue weighted by molar-refractivity contribution is -0.303. The molecule has 1 amide bonds. The van der Waals surface area contributed by atoms with Crippen LogP contribution in [0.2, 0.25) is 0 Å². The molecule has 11 nitrogen and oxygen atoms in total. The first kappa shape index (κ1) is 56.9. The van der Waals surface area contributed by atoms with Gasteiger partial charge < -0.3 is 50.5 Å². The molecule has 60 heavy (non-hydrogen) atoms. The molecule has 1 aliphatic heterocycles. The monoisotopic (exact) mass is 858 g/mol. The third-order valence-electron chi connectivity index (χ3n) is 12.3. The highest BCUT2D eigenvalue weighted by Gasteiger charge is 2.44. The van der Waals surface area contributed by atoms with Crippen molar-refractivity contribution in [1.29, 1.82) is 0 Å². The number of amides is 1. The fourth-order valence-corrected chi connectivity index (χ4v) is 8.15. The minimum absolute atomic E-state index is 0.259. The second kappa shape index (κ2) is 39.4. The van der Waals surface area contributed by atoms with E-state index < -0.39 is 74.2 Å². The molecule has 1 saturated heterocycles. The smallest absolute Gasteiger partial charge is 0.249 e. The van der Waals surface area contributed by atoms with Crippen LogP contribution in [0.25, 0.3) is 0 Å². The van der Waals surface area contributed by atoms with Gasteiger partial charge in [0.25, 0.3) is 0 Å². The molecule has 1 fully saturated rings. The highest BCUT2D eigenvalue weighted by molar-refractivity contribution is 5.80. The standard InChI is InChI=1S/C49H95NO10/c1-3-5-7-9-11-13-15-16-17-18-19-20-21-22-23-24-25-27-29-31-33-35-37-42(53)48(58)50-40(39-59-49-47(57)46(56)45(55)43(38-51)60-49)44(54)41(52)36-34-32-30-28-26-14-12-10-8-6-4-2/h28,30,40-47,49,51-57H,3-27,29,31-39H2,1-2H3,(H,50,58)/b30-28+. The molecular formula is C49H95NO10. The van der Waals surface area contributed by atoms with Gasteiger partial charge in [0.15, 0.2) is 6.29 Å². The fourth-order valence-electron chi connectivity index (χ4n) is 8.15. The van der Waals surface area contributed by atoms with E-state index in [2.05, 4.69) is 31.3 Å². The molecule has 356 valence electrons. The molecule has 0 aromatic heterocycles. The van der Waals surface area contributed by atoms with Crippen molar-refractivity contribution in [2.75, 3.05) is 13.2 Å². The number of unbranched alkanes of at least 4 members (excludes halogenated alkanes) is 28. The Kier molecular flexibility index (Phi) is 37.4. The lowest BCUT2D eigenvalue weighted by Gasteiger charge is -2.40. The second-order valence-corrected chi connectivity index (χ2v) is 17.9. The van der Waals surface area contributed by atoms with Crippen LogP contribution in [0.3, 0.4) is 0 Å². The van der Waals surface area contributed by atoms with Gasteiger partial charge in [-0.15, -0.1) is 0 Å². The number of rotatable bonds is 42. The number of aliphatic hydroxyl groups is 7. The van der Waals surface area contributed by atoms with Crippen LogP contribution in [-0.4, -0.2) is 110 Å². The van der Waals surface area contributed by atoms with Gasteiger partial charge in [-0.25, -0.2) is 0 Å². The molecule has 1 aliphatic rings. The van der Waals surface area contributed by atoms with Crippen molar-refractivity contribution < 1.29 is 50.0 Å². The van der Waals surface area contributed by atoms with E-state index in [1.54, 1.807) is 0 Å². The Bertz CT molecular complexity index is 986. The Morgan fingerprint density at radius 3 is 1.43 bits per heavy atom. The minimum atomic E-state index is -1.66. The van der Waals surface area contributed by atoms with Crippen molar-refractivity contribution >= 4 is 5.91 Å². The zero-order chi connectivity index (χ0) is 44.1. The predicted molar refractivity (Wildman–Crippen MR) is 243 cm³/mol. The molecule has 8 N–H and O–H groups in total. The molecule has 0 aliphatic carbocycles. The van der Waals surface area contributed by atoms with Crippen molar-refractivity contribution in [2.45, 2.75) is 281 Å². The normalized spacial score (nSPS) is 21.6. The lowest BCUT2D eigenvalue weighted by Crippen LogP contribution is -2.60. The zero-order valence-electron chi connectivity index (χ0n) is 38.5. The van der Waals surface area contributed by atoms with E-state index in [1.807, 2.05) is 0 Å².